The van der Waals surface area contributed by atoms with Gasteiger partial charge in [-0.25, -0.2) is 4.98 Å². The molecule has 1 heterocycles. The van der Waals surface area contributed by atoms with Crippen LogP contribution in [0.1, 0.15) is 37.9 Å². The summed E-state index contributed by atoms with van der Waals surface area (Å²) in [6, 6.07) is 0. The maximum atomic E-state index is 9.60. The third-order valence-corrected chi connectivity index (χ3v) is 3.10. The van der Waals surface area contributed by atoms with Crippen LogP contribution in [0.25, 0.3) is 0 Å². The van der Waals surface area contributed by atoms with E-state index in [2.05, 4.69) is 31.1 Å². The summed E-state index contributed by atoms with van der Waals surface area (Å²) in [4.78, 5) is 4.52. The normalized spacial score (nSPS) is 14.2. The predicted octanol–water partition coefficient (Wildman–Crippen LogP) is 1.69. The van der Waals surface area contributed by atoms with E-state index in [0.29, 0.717) is 19.4 Å². The van der Waals surface area contributed by atoms with Gasteiger partial charge in [0.25, 0.3) is 0 Å². The Bertz CT molecular complexity index is 304. The van der Waals surface area contributed by atoms with Crippen LogP contribution in [0, 0.1) is 0 Å². The molecule has 3 N–H and O–H groups in total. The molecule has 1 unspecified atom stereocenters. The smallest absolute Gasteiger partial charge is 0.0954 e. The lowest BCUT2D eigenvalue weighted by Gasteiger charge is -2.14. The first-order valence-corrected chi connectivity index (χ1v) is 6.14. The van der Waals surface area contributed by atoms with Crippen molar-refractivity contribution in [1.29, 1.82) is 0 Å². The average Bonchev–Trinajstić information content (AvgIpc) is 2.52. The van der Waals surface area contributed by atoms with Gasteiger partial charge in [0.05, 0.1) is 16.8 Å². The van der Waals surface area contributed by atoms with Crippen LogP contribution in [0.2, 0.25) is 0 Å². The van der Waals surface area contributed by atoms with Crippen LogP contribution in [0.15, 0.2) is 5.38 Å². The standard InChI is InChI=1S/C11H20N2OS/c1-11(2,3)9-7-15-10(13-9)6-8(14)4-5-12/h7-8,14H,4-6,12H2,1-3H3. The molecule has 0 spiro atoms. The largest absolute Gasteiger partial charge is 0.393 e. The molecule has 4 heteroatoms. The summed E-state index contributed by atoms with van der Waals surface area (Å²) in [6.45, 7) is 6.95. The van der Waals surface area contributed by atoms with E-state index >= 15 is 0 Å². The van der Waals surface area contributed by atoms with Crippen LogP contribution >= 0.6 is 11.3 Å². The minimum absolute atomic E-state index is 0.0908. The van der Waals surface area contributed by atoms with Crippen molar-refractivity contribution in [3.8, 4) is 0 Å². The van der Waals surface area contributed by atoms with Crippen molar-refractivity contribution >= 4 is 11.3 Å². The zero-order valence-corrected chi connectivity index (χ0v) is 10.5. The Labute approximate surface area is 95.3 Å². The number of aliphatic hydroxyl groups is 1. The second-order valence-corrected chi connectivity index (χ2v) is 5.75. The number of thiazole rings is 1. The predicted molar refractivity (Wildman–Crippen MR) is 64.2 cm³/mol. The number of hydrogen-bond acceptors (Lipinski definition) is 4. The SMILES string of the molecule is CC(C)(C)c1csc(CC(O)CCN)n1. The lowest BCUT2D eigenvalue weighted by molar-refractivity contribution is 0.167. The van der Waals surface area contributed by atoms with Crippen LogP contribution in [0.4, 0.5) is 0 Å². The molecule has 0 aliphatic rings. The van der Waals surface area contributed by atoms with Gasteiger partial charge in [0.1, 0.15) is 0 Å². The lowest BCUT2D eigenvalue weighted by atomic mass is 9.93. The molecule has 0 amide bonds. The average molecular weight is 228 g/mol. The molecule has 0 fully saturated rings. The van der Waals surface area contributed by atoms with Gasteiger partial charge in [-0.05, 0) is 13.0 Å². The quantitative estimate of drug-likeness (QED) is 0.824. The van der Waals surface area contributed by atoms with Gasteiger partial charge in [-0.2, -0.15) is 0 Å². The molecule has 0 radical (unpaired) electrons. The minimum Gasteiger partial charge on any atom is -0.393 e. The number of nitrogens with two attached hydrogens (primary N) is 1. The third-order valence-electron chi connectivity index (χ3n) is 2.23. The Kier molecular flexibility index (Phi) is 4.25. The molecule has 0 saturated carbocycles. The number of rotatable bonds is 4. The van der Waals surface area contributed by atoms with Crippen molar-refractivity contribution in [3.63, 3.8) is 0 Å². The van der Waals surface area contributed by atoms with Crippen LogP contribution in [0.5, 0.6) is 0 Å². The minimum atomic E-state index is -0.353. The first kappa shape index (κ1) is 12.6. The van der Waals surface area contributed by atoms with Gasteiger partial charge < -0.3 is 10.8 Å². The molecule has 1 aromatic rings. The highest BCUT2D eigenvalue weighted by Crippen LogP contribution is 2.24. The van der Waals surface area contributed by atoms with Crippen LogP contribution < -0.4 is 5.73 Å². The fourth-order valence-electron chi connectivity index (χ4n) is 1.25. The van der Waals surface area contributed by atoms with Crippen LogP contribution in [0.3, 0.4) is 0 Å². The Morgan fingerprint density at radius 2 is 2.20 bits per heavy atom. The van der Waals surface area contributed by atoms with Gasteiger partial charge in [0.2, 0.25) is 0 Å². The van der Waals surface area contributed by atoms with Crippen molar-refractivity contribution < 1.29 is 5.11 Å². The van der Waals surface area contributed by atoms with Crippen LogP contribution in [-0.4, -0.2) is 22.7 Å². The van der Waals surface area contributed by atoms with E-state index in [-0.39, 0.29) is 11.5 Å². The van der Waals surface area contributed by atoms with Crippen molar-refractivity contribution in [3.05, 3.63) is 16.1 Å². The van der Waals surface area contributed by atoms with E-state index in [1.807, 2.05) is 0 Å². The molecular formula is C11H20N2OS. The Morgan fingerprint density at radius 1 is 1.53 bits per heavy atom. The lowest BCUT2D eigenvalue weighted by Crippen LogP contribution is -2.16. The molecule has 0 saturated heterocycles. The summed E-state index contributed by atoms with van der Waals surface area (Å²) in [6.07, 6.45) is 0.913. The monoisotopic (exact) mass is 228 g/mol. The molecule has 0 aromatic carbocycles. The maximum absolute atomic E-state index is 9.60. The third kappa shape index (κ3) is 3.89. The zero-order chi connectivity index (χ0) is 11.5. The van der Waals surface area contributed by atoms with Gasteiger partial charge in [-0.3, -0.25) is 0 Å². The van der Waals surface area contributed by atoms with E-state index in [9.17, 15) is 5.11 Å². The zero-order valence-electron chi connectivity index (χ0n) is 9.66. The van der Waals surface area contributed by atoms with E-state index in [1.54, 1.807) is 11.3 Å². The van der Waals surface area contributed by atoms with Gasteiger partial charge in [-0.1, -0.05) is 20.8 Å². The summed E-state index contributed by atoms with van der Waals surface area (Å²) in [7, 11) is 0. The van der Waals surface area contributed by atoms with Crippen LogP contribution in [-0.2, 0) is 11.8 Å². The number of aliphatic hydroxyl groups excluding tert-OH is 1. The number of nitrogens with zero attached hydrogens (tertiary/aromatic N) is 1. The summed E-state index contributed by atoms with van der Waals surface area (Å²) in [5.41, 5.74) is 6.57. The first-order chi connectivity index (χ1) is 6.93. The first-order valence-electron chi connectivity index (χ1n) is 5.26. The number of aromatic nitrogens is 1. The van der Waals surface area contributed by atoms with E-state index in [1.165, 1.54) is 0 Å². The highest BCUT2D eigenvalue weighted by atomic mass is 32.1. The van der Waals surface area contributed by atoms with Gasteiger partial charge >= 0.3 is 0 Å². The molecule has 0 aliphatic carbocycles. The number of hydrogen-bond donors (Lipinski definition) is 2. The molecule has 0 bridgehead atoms. The molecule has 3 nitrogen and oxygen atoms in total. The maximum Gasteiger partial charge on any atom is 0.0954 e. The molecule has 15 heavy (non-hydrogen) atoms. The van der Waals surface area contributed by atoms with E-state index < -0.39 is 0 Å². The van der Waals surface area contributed by atoms with Crippen molar-refractivity contribution in [2.24, 2.45) is 5.73 Å². The summed E-state index contributed by atoms with van der Waals surface area (Å²) >= 11 is 1.62. The Balaban J connectivity index is 2.61. The van der Waals surface area contributed by atoms with Crippen molar-refractivity contribution in [2.45, 2.75) is 45.1 Å². The molecule has 1 atom stereocenters. The van der Waals surface area contributed by atoms with Crippen molar-refractivity contribution in [2.75, 3.05) is 6.54 Å². The van der Waals surface area contributed by atoms with Gasteiger partial charge in [-0.15, -0.1) is 11.3 Å². The van der Waals surface area contributed by atoms with E-state index in [4.69, 9.17) is 5.73 Å². The fraction of sp³-hybridized carbons (Fsp3) is 0.727. The van der Waals surface area contributed by atoms with Gasteiger partial charge in [0.15, 0.2) is 0 Å². The summed E-state index contributed by atoms with van der Waals surface area (Å²) in [5, 5.41) is 12.7. The topological polar surface area (TPSA) is 59.1 Å². The second kappa shape index (κ2) is 5.05. The highest BCUT2D eigenvalue weighted by molar-refractivity contribution is 7.09. The molecule has 86 valence electrons. The summed E-state index contributed by atoms with van der Waals surface area (Å²) < 4.78 is 0. The Hall–Kier alpha value is -0.450. The van der Waals surface area contributed by atoms with Crippen molar-refractivity contribution in [1.82, 2.24) is 4.98 Å². The summed E-state index contributed by atoms with van der Waals surface area (Å²) in [5.74, 6) is 0. The molecular weight excluding hydrogens is 208 g/mol. The van der Waals surface area contributed by atoms with Gasteiger partial charge in [0, 0.05) is 17.2 Å². The highest BCUT2D eigenvalue weighted by Gasteiger charge is 2.18. The molecule has 1 rings (SSSR count). The fourth-order valence-corrected chi connectivity index (χ4v) is 2.34. The molecule has 0 aliphatic heterocycles. The molecule has 1 aromatic heterocycles. The Morgan fingerprint density at radius 3 is 2.67 bits per heavy atom. The second-order valence-electron chi connectivity index (χ2n) is 4.81. The van der Waals surface area contributed by atoms with E-state index in [0.717, 1.165) is 10.7 Å².